The summed E-state index contributed by atoms with van der Waals surface area (Å²) in [5.41, 5.74) is 5.30. The SMILES string of the molecule is CC.Cc1sc(-c2ccccc2)nc1CCOc1ccc2c(c1)CCC2. The van der Waals surface area contributed by atoms with Gasteiger partial charge in [0.05, 0.1) is 12.3 Å². The first-order valence-electron chi connectivity index (χ1n) is 9.56. The van der Waals surface area contributed by atoms with Crippen molar-refractivity contribution in [2.24, 2.45) is 0 Å². The van der Waals surface area contributed by atoms with E-state index in [0.29, 0.717) is 6.61 Å². The van der Waals surface area contributed by atoms with Crippen molar-refractivity contribution in [2.75, 3.05) is 6.61 Å². The molecule has 2 aromatic carbocycles. The van der Waals surface area contributed by atoms with Crippen molar-refractivity contribution >= 4 is 11.3 Å². The Bertz CT molecular complexity index is 839. The van der Waals surface area contributed by atoms with Crippen molar-refractivity contribution < 1.29 is 4.74 Å². The molecule has 3 aromatic rings. The number of fused-ring (bicyclic) bond motifs is 1. The zero-order valence-corrected chi connectivity index (χ0v) is 16.7. The monoisotopic (exact) mass is 365 g/mol. The van der Waals surface area contributed by atoms with Gasteiger partial charge in [0.15, 0.2) is 0 Å². The van der Waals surface area contributed by atoms with Crippen LogP contribution in [0.25, 0.3) is 10.6 Å². The summed E-state index contributed by atoms with van der Waals surface area (Å²) in [6.45, 7) is 6.83. The average Bonchev–Trinajstić information content (AvgIpc) is 3.30. The van der Waals surface area contributed by atoms with Crippen LogP contribution in [0.4, 0.5) is 0 Å². The summed E-state index contributed by atoms with van der Waals surface area (Å²) < 4.78 is 5.97. The molecule has 1 aliphatic rings. The molecule has 0 N–H and O–H groups in total. The van der Waals surface area contributed by atoms with E-state index in [1.807, 2.05) is 19.9 Å². The quantitative estimate of drug-likeness (QED) is 0.533. The van der Waals surface area contributed by atoms with E-state index < -0.39 is 0 Å². The van der Waals surface area contributed by atoms with Crippen LogP contribution < -0.4 is 4.74 Å². The number of hydrogen-bond donors (Lipinski definition) is 0. The Kier molecular flexibility index (Phi) is 6.45. The fraction of sp³-hybridized carbons (Fsp3) is 0.348. The number of thiazole rings is 1. The fourth-order valence-electron chi connectivity index (χ4n) is 3.27. The topological polar surface area (TPSA) is 22.1 Å². The lowest BCUT2D eigenvalue weighted by Crippen LogP contribution is -2.03. The number of aryl methyl sites for hydroxylation is 3. The number of benzene rings is 2. The highest BCUT2D eigenvalue weighted by Crippen LogP contribution is 2.28. The second-order valence-electron chi connectivity index (χ2n) is 6.27. The van der Waals surface area contributed by atoms with Crippen LogP contribution in [-0.2, 0) is 19.3 Å². The van der Waals surface area contributed by atoms with Crippen LogP contribution in [0.15, 0.2) is 48.5 Å². The van der Waals surface area contributed by atoms with Gasteiger partial charge in [0.2, 0.25) is 0 Å². The summed E-state index contributed by atoms with van der Waals surface area (Å²) in [5.74, 6) is 0.992. The Morgan fingerprint density at radius 2 is 1.77 bits per heavy atom. The molecular weight excluding hydrogens is 338 g/mol. The van der Waals surface area contributed by atoms with Gasteiger partial charge in [0.25, 0.3) is 0 Å². The molecule has 3 heteroatoms. The lowest BCUT2D eigenvalue weighted by molar-refractivity contribution is 0.320. The van der Waals surface area contributed by atoms with Crippen LogP contribution in [0.3, 0.4) is 0 Å². The van der Waals surface area contributed by atoms with Gasteiger partial charge in [0.1, 0.15) is 10.8 Å². The second kappa shape index (κ2) is 9.00. The number of aromatic nitrogens is 1. The zero-order chi connectivity index (χ0) is 18.4. The molecule has 4 rings (SSSR count). The molecule has 0 saturated heterocycles. The molecule has 26 heavy (non-hydrogen) atoms. The molecule has 136 valence electrons. The first-order chi connectivity index (χ1) is 12.8. The Hall–Kier alpha value is -2.13. The number of ether oxygens (including phenoxy) is 1. The molecule has 1 heterocycles. The summed E-state index contributed by atoms with van der Waals surface area (Å²) in [6, 6.07) is 16.9. The maximum absolute atomic E-state index is 5.97. The summed E-state index contributed by atoms with van der Waals surface area (Å²) >= 11 is 1.76. The minimum atomic E-state index is 0.678. The molecule has 1 aromatic heterocycles. The number of hydrogen-bond acceptors (Lipinski definition) is 3. The Morgan fingerprint density at radius 1 is 1.00 bits per heavy atom. The Balaban J connectivity index is 0.000000948. The van der Waals surface area contributed by atoms with Crippen molar-refractivity contribution in [3.05, 3.63) is 70.2 Å². The van der Waals surface area contributed by atoms with Crippen LogP contribution in [0, 0.1) is 6.92 Å². The standard InChI is InChI=1S/C21H21NOS.C2H6/c1-15-20(22-21(24-15)17-6-3-2-4-7-17)12-13-23-19-11-10-16-8-5-9-18(16)14-19;1-2/h2-4,6-7,10-11,14H,5,8-9,12-13H2,1H3;1-2H3. The molecule has 0 fully saturated rings. The summed E-state index contributed by atoms with van der Waals surface area (Å²) in [5, 5.41) is 1.10. The van der Waals surface area contributed by atoms with Crippen LogP contribution >= 0.6 is 11.3 Å². The van der Waals surface area contributed by atoms with Crippen LogP contribution in [0.5, 0.6) is 5.75 Å². The van der Waals surface area contributed by atoms with E-state index in [1.54, 1.807) is 11.3 Å². The Morgan fingerprint density at radius 3 is 2.58 bits per heavy atom. The van der Waals surface area contributed by atoms with Crippen molar-refractivity contribution in [1.29, 1.82) is 0 Å². The fourth-order valence-corrected chi connectivity index (χ4v) is 4.23. The molecular formula is C23H27NOS. The molecule has 1 aliphatic carbocycles. The van der Waals surface area contributed by atoms with Gasteiger partial charge in [-0.2, -0.15) is 0 Å². The van der Waals surface area contributed by atoms with Gasteiger partial charge in [-0.3, -0.25) is 0 Å². The molecule has 0 radical (unpaired) electrons. The van der Waals surface area contributed by atoms with Gasteiger partial charge in [-0.15, -0.1) is 11.3 Å². The highest BCUT2D eigenvalue weighted by Gasteiger charge is 2.12. The smallest absolute Gasteiger partial charge is 0.123 e. The van der Waals surface area contributed by atoms with Crippen LogP contribution in [-0.4, -0.2) is 11.6 Å². The largest absolute Gasteiger partial charge is 0.493 e. The van der Waals surface area contributed by atoms with Crippen molar-refractivity contribution in [2.45, 2.75) is 46.5 Å². The average molecular weight is 366 g/mol. The van der Waals surface area contributed by atoms with Crippen LogP contribution in [0.2, 0.25) is 0 Å². The molecule has 0 spiro atoms. The van der Waals surface area contributed by atoms with E-state index in [-0.39, 0.29) is 0 Å². The van der Waals surface area contributed by atoms with E-state index in [9.17, 15) is 0 Å². The van der Waals surface area contributed by atoms with Crippen LogP contribution in [0.1, 0.15) is 42.0 Å². The number of nitrogens with zero attached hydrogens (tertiary/aromatic N) is 1. The molecule has 0 aliphatic heterocycles. The zero-order valence-electron chi connectivity index (χ0n) is 15.9. The molecule has 0 saturated carbocycles. The van der Waals surface area contributed by atoms with E-state index >= 15 is 0 Å². The van der Waals surface area contributed by atoms with Crippen molar-refractivity contribution in [1.82, 2.24) is 4.98 Å². The maximum Gasteiger partial charge on any atom is 0.123 e. The Labute approximate surface area is 160 Å². The van der Waals surface area contributed by atoms with E-state index in [1.165, 1.54) is 40.8 Å². The molecule has 0 atom stereocenters. The lowest BCUT2D eigenvalue weighted by Gasteiger charge is -2.07. The lowest BCUT2D eigenvalue weighted by atomic mass is 10.1. The molecule has 0 bridgehead atoms. The van der Waals surface area contributed by atoms with Gasteiger partial charge in [-0.1, -0.05) is 50.2 Å². The van der Waals surface area contributed by atoms with Gasteiger partial charge in [0, 0.05) is 16.9 Å². The molecule has 2 nitrogen and oxygen atoms in total. The van der Waals surface area contributed by atoms with Gasteiger partial charge in [-0.05, 0) is 49.4 Å². The van der Waals surface area contributed by atoms with E-state index in [0.717, 1.165) is 22.9 Å². The first-order valence-corrected chi connectivity index (χ1v) is 10.4. The van der Waals surface area contributed by atoms with Gasteiger partial charge < -0.3 is 4.74 Å². The van der Waals surface area contributed by atoms with Gasteiger partial charge >= 0.3 is 0 Å². The van der Waals surface area contributed by atoms with Crippen molar-refractivity contribution in [3.63, 3.8) is 0 Å². The van der Waals surface area contributed by atoms with E-state index in [4.69, 9.17) is 9.72 Å². The van der Waals surface area contributed by atoms with Gasteiger partial charge in [-0.25, -0.2) is 4.98 Å². The third-order valence-electron chi connectivity index (χ3n) is 4.59. The molecule has 0 unspecified atom stereocenters. The third kappa shape index (κ3) is 4.34. The maximum atomic E-state index is 5.97. The predicted octanol–water partition coefficient (Wildman–Crippen LogP) is 6.25. The summed E-state index contributed by atoms with van der Waals surface area (Å²) in [6.07, 6.45) is 4.54. The third-order valence-corrected chi connectivity index (χ3v) is 5.65. The second-order valence-corrected chi connectivity index (χ2v) is 7.47. The minimum absolute atomic E-state index is 0.678. The van der Waals surface area contributed by atoms with Crippen molar-refractivity contribution in [3.8, 4) is 16.3 Å². The first kappa shape index (κ1) is 18.7. The predicted molar refractivity (Wildman–Crippen MR) is 111 cm³/mol. The summed E-state index contributed by atoms with van der Waals surface area (Å²) in [4.78, 5) is 6.09. The van der Waals surface area contributed by atoms with E-state index in [2.05, 4.69) is 49.4 Å². The molecule has 0 amide bonds. The highest BCUT2D eigenvalue weighted by molar-refractivity contribution is 7.15. The number of rotatable bonds is 5. The normalized spacial score (nSPS) is 12.3. The minimum Gasteiger partial charge on any atom is -0.493 e. The highest BCUT2D eigenvalue weighted by atomic mass is 32.1. The summed E-state index contributed by atoms with van der Waals surface area (Å²) in [7, 11) is 0.